The zero-order valence-corrected chi connectivity index (χ0v) is 17.6. The number of Topliss-reactive ketones (excluding diaryl/α,β-unsaturated/α-hetero) is 1. The second-order valence-electron chi connectivity index (χ2n) is 6.68. The molecule has 0 N–H and O–H groups in total. The Balaban J connectivity index is 0.000000592. The van der Waals surface area contributed by atoms with E-state index in [-0.39, 0.29) is 11.8 Å². The van der Waals surface area contributed by atoms with Crippen LogP contribution in [0.2, 0.25) is 0 Å². The van der Waals surface area contributed by atoms with Gasteiger partial charge in [-0.1, -0.05) is 18.2 Å². The van der Waals surface area contributed by atoms with Crippen LogP contribution in [0.4, 0.5) is 13.2 Å². The molecule has 0 aliphatic rings. The summed E-state index contributed by atoms with van der Waals surface area (Å²) in [5.41, 5.74) is 3.39. The average Bonchev–Trinajstić information content (AvgIpc) is 3.10. The van der Waals surface area contributed by atoms with E-state index in [9.17, 15) is 22.8 Å². The number of aryl methyl sites for hydroxylation is 3. The molecule has 170 valence electrons. The molecule has 7 nitrogen and oxygen atoms in total. The number of ketones is 1. The third-order valence-corrected chi connectivity index (χ3v) is 4.28. The van der Waals surface area contributed by atoms with E-state index in [2.05, 4.69) is 0 Å². The lowest BCUT2D eigenvalue weighted by Crippen LogP contribution is -2.46. The van der Waals surface area contributed by atoms with E-state index in [1.54, 1.807) is 6.92 Å². The smallest absolute Gasteiger partial charge is 0.430 e. The van der Waals surface area contributed by atoms with Crippen LogP contribution in [0.15, 0.2) is 36.7 Å². The summed E-state index contributed by atoms with van der Waals surface area (Å²) >= 11 is 0. The minimum Gasteiger partial charge on any atom is -0.542 e. The number of aliphatic carboxylic acids is 1. The summed E-state index contributed by atoms with van der Waals surface area (Å²) in [4.78, 5) is 32.7. The Morgan fingerprint density at radius 2 is 1.71 bits per heavy atom. The molecule has 0 unspecified atom stereocenters. The molecule has 0 saturated heterocycles. The van der Waals surface area contributed by atoms with Crippen LogP contribution in [0.1, 0.15) is 30.0 Å². The normalized spacial score (nSPS) is 10.8. The third kappa shape index (κ3) is 9.02. The van der Waals surface area contributed by atoms with Gasteiger partial charge in [0.25, 0.3) is 0 Å². The molecule has 0 bridgehead atoms. The maximum Gasteiger partial charge on any atom is 0.430 e. The van der Waals surface area contributed by atoms with Gasteiger partial charge in [-0.2, -0.15) is 17.9 Å². The van der Waals surface area contributed by atoms with E-state index in [0.717, 1.165) is 16.7 Å². The number of hydrogen-bond donors (Lipinski definition) is 0. The number of esters is 1. The first-order valence-electron chi connectivity index (χ1n) is 9.51. The topological polar surface area (TPSA) is 92.3 Å². The molecular weight excluding hydrogens is 417 g/mol. The van der Waals surface area contributed by atoms with E-state index in [1.165, 1.54) is 0 Å². The summed E-state index contributed by atoms with van der Waals surface area (Å²) < 4.78 is 40.2. The van der Waals surface area contributed by atoms with Crippen LogP contribution < -0.4 is 9.79 Å². The summed E-state index contributed by atoms with van der Waals surface area (Å²) in [6, 6.07) is 7.95. The third-order valence-electron chi connectivity index (χ3n) is 4.28. The summed E-state index contributed by atoms with van der Waals surface area (Å²) in [7, 11) is 0. The molecule has 0 atom stereocenters. The van der Waals surface area contributed by atoms with Crippen molar-refractivity contribution in [2.45, 2.75) is 52.9 Å². The Labute approximate surface area is 178 Å². The first-order chi connectivity index (χ1) is 14.5. The number of carbonyl (C=O) groups is 3. The van der Waals surface area contributed by atoms with Crippen LogP contribution in [0.25, 0.3) is 0 Å². The van der Waals surface area contributed by atoms with Crippen molar-refractivity contribution in [3.63, 3.8) is 0 Å². The van der Waals surface area contributed by atoms with Gasteiger partial charge >= 0.3 is 12.1 Å². The molecule has 31 heavy (non-hydrogen) atoms. The second-order valence-corrected chi connectivity index (χ2v) is 6.68. The van der Waals surface area contributed by atoms with Gasteiger partial charge in [-0.15, -0.1) is 4.68 Å². The van der Waals surface area contributed by atoms with Crippen molar-refractivity contribution in [2.75, 3.05) is 6.61 Å². The zero-order valence-electron chi connectivity index (χ0n) is 17.6. The van der Waals surface area contributed by atoms with E-state index in [0.29, 0.717) is 32.5 Å². The van der Waals surface area contributed by atoms with Crippen molar-refractivity contribution in [3.8, 4) is 0 Å². The van der Waals surface area contributed by atoms with E-state index in [4.69, 9.17) is 14.6 Å². The summed E-state index contributed by atoms with van der Waals surface area (Å²) in [6.45, 7) is 7.04. The highest BCUT2D eigenvalue weighted by molar-refractivity contribution is 5.80. The van der Waals surface area contributed by atoms with Gasteiger partial charge in [-0.05, 0) is 37.5 Å². The number of rotatable bonds is 8. The van der Waals surface area contributed by atoms with Crippen molar-refractivity contribution in [1.29, 1.82) is 0 Å². The van der Waals surface area contributed by atoms with Crippen LogP contribution in [-0.4, -0.2) is 35.2 Å². The molecule has 0 aliphatic heterocycles. The van der Waals surface area contributed by atoms with Crippen LogP contribution >= 0.6 is 0 Å². The molecule has 2 rings (SSSR count). The molecule has 2 aromatic rings. The Kier molecular flexibility index (Phi) is 9.91. The summed E-state index contributed by atoms with van der Waals surface area (Å²) in [5.74, 6) is -3.08. The number of halogens is 3. The van der Waals surface area contributed by atoms with E-state index in [1.807, 2.05) is 59.9 Å². The fraction of sp³-hybridized carbons (Fsp3) is 0.429. The Morgan fingerprint density at radius 3 is 2.23 bits per heavy atom. The minimum atomic E-state index is -5.19. The predicted octanol–water partition coefficient (Wildman–Crippen LogP) is 1.46. The van der Waals surface area contributed by atoms with Gasteiger partial charge in [-0.25, -0.2) is 0 Å². The highest BCUT2D eigenvalue weighted by Gasteiger charge is 2.28. The summed E-state index contributed by atoms with van der Waals surface area (Å²) in [5, 5.41) is 8.78. The van der Waals surface area contributed by atoms with Gasteiger partial charge < -0.3 is 14.6 Å². The Hall–Kier alpha value is -3.17. The quantitative estimate of drug-likeness (QED) is 0.456. The number of nitrogens with zero attached hydrogens (tertiary/aromatic N) is 2. The van der Waals surface area contributed by atoms with Crippen LogP contribution in [0, 0.1) is 13.8 Å². The number of benzene rings is 1. The Morgan fingerprint density at radius 1 is 1.13 bits per heavy atom. The van der Waals surface area contributed by atoms with Gasteiger partial charge in [-0.3, -0.25) is 9.59 Å². The van der Waals surface area contributed by atoms with Gasteiger partial charge in [0.15, 0.2) is 6.20 Å². The maximum absolute atomic E-state index is 12.5. The SMILES string of the molecule is CCOC(=O)CCn1ccc[n+]1CC(=O)Cc1c(C)cccc1C.O=C([O-])C(F)(F)F. The number of alkyl halides is 3. The van der Waals surface area contributed by atoms with Crippen LogP contribution in [0.5, 0.6) is 0 Å². The van der Waals surface area contributed by atoms with E-state index >= 15 is 0 Å². The van der Waals surface area contributed by atoms with Crippen molar-refractivity contribution in [1.82, 2.24) is 4.68 Å². The van der Waals surface area contributed by atoms with Gasteiger partial charge in [0.2, 0.25) is 12.3 Å². The van der Waals surface area contributed by atoms with Gasteiger partial charge in [0.05, 0.1) is 25.8 Å². The molecule has 0 amide bonds. The number of carboxylic acids is 1. The van der Waals surface area contributed by atoms with Crippen molar-refractivity contribution in [3.05, 3.63) is 53.3 Å². The molecule has 1 aromatic heterocycles. The number of hydrogen-bond acceptors (Lipinski definition) is 5. The van der Waals surface area contributed by atoms with Crippen molar-refractivity contribution < 1.29 is 42.1 Å². The average molecular weight is 442 g/mol. The standard InChI is InChI=1S/C19H25N2O3.C2HF3O2/c1-4-24-19(23)9-12-20-10-6-11-21(20)14-17(22)13-18-15(2)7-5-8-16(18)3;3-2(4,5)1(6)7/h5-8,10-11H,4,9,12-14H2,1-3H3;(H,6,7)/q+1;/p-1. The molecule has 10 heteroatoms. The fourth-order valence-electron chi connectivity index (χ4n) is 2.76. The zero-order chi connectivity index (χ0) is 23.6. The second kappa shape index (κ2) is 11.9. The van der Waals surface area contributed by atoms with Gasteiger partial charge in [0.1, 0.15) is 5.97 Å². The van der Waals surface area contributed by atoms with E-state index < -0.39 is 12.1 Å². The number of carbonyl (C=O) groups excluding carboxylic acids is 3. The Bertz CT molecular complexity index is 886. The summed E-state index contributed by atoms with van der Waals surface area (Å²) in [6.07, 6.45) is -0.749. The highest BCUT2D eigenvalue weighted by Crippen LogP contribution is 2.14. The maximum atomic E-state index is 12.5. The monoisotopic (exact) mass is 442 g/mol. The molecule has 1 heterocycles. The molecule has 0 spiro atoms. The molecular formula is C21H25F3N2O5. The predicted molar refractivity (Wildman–Crippen MR) is 102 cm³/mol. The first kappa shape index (κ1) is 25.9. The number of aromatic nitrogens is 2. The largest absolute Gasteiger partial charge is 0.542 e. The van der Waals surface area contributed by atoms with Crippen molar-refractivity contribution in [2.24, 2.45) is 0 Å². The molecule has 0 saturated carbocycles. The van der Waals surface area contributed by atoms with Crippen molar-refractivity contribution >= 4 is 17.7 Å². The number of carboxylic acid groups (broad SMARTS) is 1. The lowest BCUT2D eigenvalue weighted by molar-refractivity contribution is -0.764. The molecule has 0 fully saturated rings. The lowest BCUT2D eigenvalue weighted by atomic mass is 9.98. The van der Waals surface area contributed by atoms with Crippen LogP contribution in [-0.2, 0) is 38.6 Å². The fourth-order valence-corrected chi connectivity index (χ4v) is 2.76. The van der Waals surface area contributed by atoms with Crippen LogP contribution in [0.3, 0.4) is 0 Å². The minimum absolute atomic E-state index is 0.147. The first-order valence-corrected chi connectivity index (χ1v) is 9.51. The molecule has 1 aromatic carbocycles. The number of ether oxygens (including phenoxy) is 1. The molecule has 0 aliphatic carbocycles. The van der Waals surface area contributed by atoms with Gasteiger partial charge in [0, 0.05) is 12.5 Å². The highest BCUT2D eigenvalue weighted by atomic mass is 19.4. The molecule has 0 radical (unpaired) electrons. The lowest BCUT2D eigenvalue weighted by Gasteiger charge is -2.08.